The molecule has 1 saturated carbocycles. The van der Waals surface area contributed by atoms with E-state index in [0.29, 0.717) is 0 Å². The molecule has 0 unspecified atom stereocenters. The van der Waals surface area contributed by atoms with Crippen LogP contribution in [0.5, 0.6) is 11.5 Å². The smallest absolute Gasteiger partial charge is 0.303 e. The van der Waals surface area contributed by atoms with Crippen molar-refractivity contribution in [3.05, 3.63) is 65.2 Å². The number of carboxylic acid groups (broad SMARTS) is 1. The number of methoxy groups -OCH3 is 2. The largest absolute Gasteiger partial charge is 0.497 e. The van der Waals surface area contributed by atoms with Crippen molar-refractivity contribution in [2.24, 2.45) is 11.0 Å². The summed E-state index contributed by atoms with van der Waals surface area (Å²) in [6.45, 7) is 0. The summed E-state index contributed by atoms with van der Waals surface area (Å²) in [4.78, 5) is 24.1. The van der Waals surface area contributed by atoms with Crippen LogP contribution in [0, 0.1) is 5.92 Å². The average molecular weight is 449 g/mol. The number of allylic oxidation sites excluding steroid dienone is 1. The van der Waals surface area contributed by atoms with E-state index < -0.39 is 5.97 Å². The third-order valence-electron chi connectivity index (χ3n) is 6.22. The number of hydrogen-bond donors (Lipinski definition) is 1. The fourth-order valence-corrected chi connectivity index (χ4v) is 4.57. The van der Waals surface area contributed by atoms with Gasteiger partial charge in [0.25, 0.3) is 0 Å². The maximum Gasteiger partial charge on any atom is 0.303 e. The van der Waals surface area contributed by atoms with Gasteiger partial charge in [-0.05, 0) is 66.3 Å². The fraction of sp³-hybridized carbons (Fsp3) is 0.346. The summed E-state index contributed by atoms with van der Waals surface area (Å²) >= 11 is 0. The lowest BCUT2D eigenvalue weighted by molar-refractivity contribution is -0.141. The van der Waals surface area contributed by atoms with Crippen LogP contribution in [0.4, 0.5) is 0 Å². The number of hydrogen-bond acceptors (Lipinski definition) is 5. The minimum absolute atomic E-state index is 0.0606. The van der Waals surface area contributed by atoms with Crippen LogP contribution in [0.15, 0.2) is 59.2 Å². The van der Waals surface area contributed by atoms with Gasteiger partial charge in [-0.3, -0.25) is 9.59 Å². The summed E-state index contributed by atoms with van der Waals surface area (Å²) in [6.07, 6.45) is 4.63. The van der Waals surface area contributed by atoms with Crippen LogP contribution in [0.3, 0.4) is 0 Å². The zero-order valence-electron chi connectivity index (χ0n) is 18.9. The van der Waals surface area contributed by atoms with Gasteiger partial charge in [0.05, 0.1) is 32.4 Å². The van der Waals surface area contributed by atoms with Crippen molar-refractivity contribution in [3.63, 3.8) is 0 Å². The summed E-state index contributed by atoms with van der Waals surface area (Å²) in [6, 6.07) is 15.3. The van der Waals surface area contributed by atoms with Gasteiger partial charge in [0.15, 0.2) is 0 Å². The molecule has 2 aromatic carbocycles. The van der Waals surface area contributed by atoms with Crippen molar-refractivity contribution in [1.29, 1.82) is 0 Å². The highest BCUT2D eigenvalue weighted by Crippen LogP contribution is 2.45. The van der Waals surface area contributed by atoms with Crippen molar-refractivity contribution >= 4 is 23.7 Å². The Morgan fingerprint density at radius 3 is 2.27 bits per heavy atom. The number of fused-ring (bicyclic) bond motifs is 1. The van der Waals surface area contributed by atoms with E-state index >= 15 is 0 Å². The number of carboxylic acids is 1. The highest BCUT2D eigenvalue weighted by atomic mass is 16.5. The molecule has 2 atom stereocenters. The molecule has 4 rings (SSSR count). The molecule has 0 radical (unpaired) electrons. The molecule has 0 spiro atoms. The van der Waals surface area contributed by atoms with Crippen molar-refractivity contribution in [3.8, 4) is 11.5 Å². The number of amides is 1. The van der Waals surface area contributed by atoms with E-state index in [0.717, 1.165) is 53.2 Å². The predicted octanol–water partition coefficient (Wildman–Crippen LogP) is 4.69. The number of aliphatic carboxylic acids is 1. The van der Waals surface area contributed by atoms with E-state index in [1.807, 2.05) is 48.5 Å². The average Bonchev–Trinajstić information content (AvgIpc) is 3.24. The van der Waals surface area contributed by atoms with Crippen molar-refractivity contribution in [1.82, 2.24) is 5.01 Å². The lowest BCUT2D eigenvalue weighted by atomic mass is 9.77. The van der Waals surface area contributed by atoms with E-state index in [1.165, 1.54) is 5.01 Å². The Hall–Kier alpha value is -3.61. The number of benzene rings is 2. The first-order valence-electron chi connectivity index (χ1n) is 11.1. The molecule has 1 N–H and O–H groups in total. The van der Waals surface area contributed by atoms with Crippen LogP contribution in [0.25, 0.3) is 6.08 Å². The Morgan fingerprint density at radius 1 is 1.03 bits per heavy atom. The molecule has 1 heterocycles. The first-order valence-corrected chi connectivity index (χ1v) is 11.1. The van der Waals surface area contributed by atoms with Gasteiger partial charge in [0.1, 0.15) is 11.5 Å². The molecule has 2 aliphatic rings. The van der Waals surface area contributed by atoms with Crippen molar-refractivity contribution in [2.75, 3.05) is 14.2 Å². The molecule has 1 aliphatic carbocycles. The minimum Gasteiger partial charge on any atom is -0.497 e. The number of rotatable bonds is 7. The van der Waals surface area contributed by atoms with Gasteiger partial charge < -0.3 is 14.6 Å². The van der Waals surface area contributed by atoms with Crippen LogP contribution < -0.4 is 9.47 Å². The second-order valence-corrected chi connectivity index (χ2v) is 8.28. The number of nitrogens with zero attached hydrogens (tertiary/aromatic N) is 2. The lowest BCUT2D eigenvalue weighted by Gasteiger charge is -2.29. The summed E-state index contributed by atoms with van der Waals surface area (Å²) in [7, 11) is 3.26. The zero-order chi connectivity index (χ0) is 23.4. The van der Waals surface area contributed by atoms with Crippen LogP contribution >= 0.6 is 0 Å². The van der Waals surface area contributed by atoms with Gasteiger partial charge in [0.2, 0.25) is 5.91 Å². The molecule has 1 amide bonds. The normalized spacial score (nSPS) is 20.8. The van der Waals surface area contributed by atoms with Crippen LogP contribution in [0.2, 0.25) is 0 Å². The van der Waals surface area contributed by atoms with Gasteiger partial charge in [-0.15, -0.1) is 0 Å². The summed E-state index contributed by atoms with van der Waals surface area (Å²) in [5, 5.41) is 15.4. The maximum atomic E-state index is 13.0. The lowest BCUT2D eigenvalue weighted by Crippen LogP contribution is -2.32. The number of ether oxygens (including phenoxy) is 2. The third-order valence-corrected chi connectivity index (χ3v) is 6.22. The Labute approximate surface area is 193 Å². The highest BCUT2D eigenvalue weighted by Gasteiger charge is 2.43. The zero-order valence-corrected chi connectivity index (χ0v) is 18.9. The van der Waals surface area contributed by atoms with E-state index in [9.17, 15) is 9.59 Å². The summed E-state index contributed by atoms with van der Waals surface area (Å²) in [5.41, 5.74) is 4.05. The van der Waals surface area contributed by atoms with Crippen LogP contribution in [-0.4, -0.2) is 41.9 Å². The summed E-state index contributed by atoms with van der Waals surface area (Å²) < 4.78 is 10.5. The van der Waals surface area contributed by atoms with Gasteiger partial charge in [0, 0.05) is 12.3 Å². The molecule has 0 bridgehead atoms. The topological polar surface area (TPSA) is 88.4 Å². The molecule has 7 nitrogen and oxygen atoms in total. The molecule has 0 saturated heterocycles. The molecular weight excluding hydrogens is 420 g/mol. The Morgan fingerprint density at radius 2 is 1.67 bits per heavy atom. The van der Waals surface area contributed by atoms with E-state index in [4.69, 9.17) is 19.7 Å². The maximum absolute atomic E-state index is 13.0. The number of hydrazone groups is 1. The second-order valence-electron chi connectivity index (χ2n) is 8.28. The molecule has 33 heavy (non-hydrogen) atoms. The first-order chi connectivity index (χ1) is 16.0. The molecule has 7 heteroatoms. The fourth-order valence-electron chi connectivity index (χ4n) is 4.57. The van der Waals surface area contributed by atoms with Gasteiger partial charge in [-0.2, -0.15) is 5.10 Å². The number of carbonyl (C=O) groups excluding carboxylic acids is 1. The van der Waals surface area contributed by atoms with Gasteiger partial charge in [-0.1, -0.05) is 24.3 Å². The third kappa shape index (κ3) is 4.92. The quantitative estimate of drug-likeness (QED) is 0.664. The van der Waals surface area contributed by atoms with Crippen molar-refractivity contribution in [2.45, 2.75) is 38.1 Å². The molecular formula is C26H28N2O5. The minimum atomic E-state index is -0.992. The predicted molar refractivity (Wildman–Crippen MR) is 125 cm³/mol. The van der Waals surface area contributed by atoms with E-state index in [2.05, 4.69) is 6.08 Å². The first kappa shape index (κ1) is 22.6. The van der Waals surface area contributed by atoms with E-state index in [1.54, 1.807) is 14.2 Å². The number of carbonyl (C=O) groups is 2. The SMILES string of the molecule is COc1ccc(/C=C2\CCC[C@@H]3C2=NN(C(=O)CCC(=O)O)[C@@H]3c2ccc(OC)cc2)cc1. The van der Waals surface area contributed by atoms with Gasteiger partial charge in [-0.25, -0.2) is 5.01 Å². The molecule has 0 aromatic heterocycles. The summed E-state index contributed by atoms with van der Waals surface area (Å²) in [5.74, 6) is 0.333. The molecule has 1 aliphatic heterocycles. The van der Waals surface area contributed by atoms with E-state index in [-0.39, 0.29) is 30.7 Å². The Kier molecular flexibility index (Phi) is 6.77. The molecule has 1 fully saturated rings. The van der Waals surface area contributed by atoms with Crippen LogP contribution in [0.1, 0.15) is 49.3 Å². The molecule has 2 aromatic rings. The highest BCUT2D eigenvalue weighted by molar-refractivity contribution is 6.08. The Balaban J connectivity index is 1.69. The van der Waals surface area contributed by atoms with Gasteiger partial charge >= 0.3 is 5.97 Å². The Bertz CT molecular complexity index is 1070. The molecule has 172 valence electrons. The monoisotopic (exact) mass is 448 g/mol. The standard InChI is InChI=1S/C26H28N2O5/c1-32-20-10-6-17(7-11-20)16-19-4-3-5-22-25(19)27-28(23(29)14-15-24(30)31)26(22)18-8-12-21(33-2)13-9-18/h6-13,16,22,26H,3-5,14-15H2,1-2H3,(H,30,31)/b19-16+/t22-,26-/m1/s1. The van der Waals surface area contributed by atoms with Crippen molar-refractivity contribution < 1.29 is 24.2 Å². The second kappa shape index (κ2) is 9.90. The van der Waals surface area contributed by atoms with Crippen LogP contribution in [-0.2, 0) is 9.59 Å².